The molecule has 3 aliphatic carbocycles. The molecule has 3 atom stereocenters. The molecule has 4 nitrogen and oxygen atoms in total. The van der Waals surface area contributed by atoms with E-state index in [-0.39, 0.29) is 11.5 Å². The minimum absolute atomic E-state index is 0.190. The van der Waals surface area contributed by atoms with Gasteiger partial charge in [0.25, 0.3) is 0 Å². The highest BCUT2D eigenvalue weighted by Gasteiger charge is 2.55. The normalized spacial score (nSPS) is 40.4. The number of rotatable bonds is 2. The van der Waals surface area contributed by atoms with Gasteiger partial charge in [-0.05, 0) is 36.5 Å². The van der Waals surface area contributed by atoms with Crippen molar-refractivity contribution in [1.29, 1.82) is 0 Å². The number of hydrogen-bond donors (Lipinski definition) is 1. The zero-order valence-corrected chi connectivity index (χ0v) is 9.38. The van der Waals surface area contributed by atoms with Crippen LogP contribution in [0.25, 0.3) is 0 Å². The molecule has 3 saturated carbocycles. The van der Waals surface area contributed by atoms with Gasteiger partial charge >= 0.3 is 10.3 Å². The molecule has 2 N–H and O–H groups in total. The fourth-order valence-electron chi connectivity index (χ4n) is 3.03. The predicted molar refractivity (Wildman–Crippen MR) is 52.6 cm³/mol. The van der Waals surface area contributed by atoms with Crippen LogP contribution in [-0.2, 0) is 14.5 Å². The summed E-state index contributed by atoms with van der Waals surface area (Å²) in [7, 11) is -3.78. The first-order valence-electron chi connectivity index (χ1n) is 5.02. The van der Waals surface area contributed by atoms with E-state index in [9.17, 15) is 8.42 Å². The summed E-state index contributed by atoms with van der Waals surface area (Å²) in [6, 6.07) is 0. The molecule has 3 fully saturated rings. The molecule has 3 unspecified atom stereocenters. The molecule has 0 aromatic carbocycles. The Morgan fingerprint density at radius 2 is 2.00 bits per heavy atom. The van der Waals surface area contributed by atoms with Gasteiger partial charge in [0.05, 0.1) is 6.10 Å². The Balaban J connectivity index is 2.08. The minimum atomic E-state index is -3.78. The van der Waals surface area contributed by atoms with E-state index in [1.54, 1.807) is 0 Å². The Bertz CT molecular complexity index is 334. The lowest BCUT2D eigenvalue weighted by Crippen LogP contribution is -2.56. The van der Waals surface area contributed by atoms with Crippen LogP contribution in [0.5, 0.6) is 0 Å². The Kier molecular flexibility index (Phi) is 2.18. The second kappa shape index (κ2) is 2.93. The molecule has 0 heterocycles. The quantitative estimate of drug-likeness (QED) is 0.754. The second-order valence-electron chi connectivity index (χ2n) is 5.07. The second-order valence-corrected chi connectivity index (χ2v) is 6.24. The molecule has 0 aromatic heterocycles. The summed E-state index contributed by atoms with van der Waals surface area (Å²) < 4.78 is 26.6. The molecule has 0 radical (unpaired) electrons. The van der Waals surface area contributed by atoms with E-state index in [2.05, 4.69) is 13.8 Å². The Morgan fingerprint density at radius 1 is 1.36 bits per heavy atom. The maximum Gasteiger partial charge on any atom is 0.333 e. The summed E-state index contributed by atoms with van der Waals surface area (Å²) in [4.78, 5) is 0. The lowest BCUT2D eigenvalue weighted by atomic mass is 9.48. The van der Waals surface area contributed by atoms with E-state index >= 15 is 0 Å². The zero-order valence-electron chi connectivity index (χ0n) is 8.56. The molecule has 3 aliphatic rings. The molecule has 5 heteroatoms. The van der Waals surface area contributed by atoms with Crippen LogP contribution in [0.2, 0.25) is 0 Å². The molecule has 14 heavy (non-hydrogen) atoms. The summed E-state index contributed by atoms with van der Waals surface area (Å²) in [5, 5.41) is 4.88. The van der Waals surface area contributed by atoms with E-state index in [0.29, 0.717) is 5.92 Å². The fourth-order valence-corrected chi connectivity index (χ4v) is 3.61. The lowest BCUT2D eigenvalue weighted by Gasteiger charge is -2.59. The van der Waals surface area contributed by atoms with E-state index < -0.39 is 10.3 Å². The average molecular weight is 219 g/mol. The van der Waals surface area contributed by atoms with Gasteiger partial charge in [-0.2, -0.15) is 8.42 Å². The van der Waals surface area contributed by atoms with Crippen LogP contribution in [-0.4, -0.2) is 14.5 Å². The van der Waals surface area contributed by atoms with Gasteiger partial charge in [-0.3, -0.25) is 4.18 Å². The van der Waals surface area contributed by atoms with Crippen LogP contribution in [0.1, 0.15) is 33.1 Å². The SMILES string of the molecule is CC1(C)C2CCC(OS(N)(=O)=O)C1C2. The van der Waals surface area contributed by atoms with Gasteiger partial charge in [0.2, 0.25) is 0 Å². The van der Waals surface area contributed by atoms with Crippen molar-refractivity contribution in [2.75, 3.05) is 0 Å². The maximum atomic E-state index is 10.8. The van der Waals surface area contributed by atoms with Crippen LogP contribution in [0.4, 0.5) is 0 Å². The van der Waals surface area contributed by atoms with Gasteiger partial charge in [-0.15, -0.1) is 0 Å². The standard InChI is InChI=1S/C9H17NO3S/c1-9(2)6-3-4-8(7(9)5-6)13-14(10,11)12/h6-8H,3-5H2,1-2H3,(H2,10,11,12). The highest BCUT2D eigenvalue weighted by Crippen LogP contribution is 2.59. The molecule has 2 bridgehead atoms. The van der Waals surface area contributed by atoms with Gasteiger partial charge < -0.3 is 0 Å². The lowest BCUT2D eigenvalue weighted by molar-refractivity contribution is -0.128. The number of nitrogens with two attached hydrogens (primary N) is 1. The number of hydrogen-bond acceptors (Lipinski definition) is 3. The van der Waals surface area contributed by atoms with Crippen LogP contribution in [0, 0.1) is 17.3 Å². The average Bonchev–Trinajstić information content (AvgIpc) is 2.00. The first-order valence-corrected chi connectivity index (χ1v) is 6.49. The van der Waals surface area contributed by atoms with Crippen molar-refractivity contribution in [3.63, 3.8) is 0 Å². The van der Waals surface area contributed by atoms with Crippen molar-refractivity contribution in [2.24, 2.45) is 22.4 Å². The first-order chi connectivity index (χ1) is 6.31. The smallest absolute Gasteiger partial charge is 0.255 e. The molecule has 0 aromatic rings. The summed E-state index contributed by atoms with van der Waals surface area (Å²) in [6.45, 7) is 4.37. The van der Waals surface area contributed by atoms with Crippen molar-refractivity contribution in [3.8, 4) is 0 Å². The van der Waals surface area contributed by atoms with E-state index in [1.165, 1.54) is 0 Å². The Labute approximate surface area is 85.1 Å². The minimum Gasteiger partial charge on any atom is -0.255 e. The first kappa shape index (κ1) is 10.4. The van der Waals surface area contributed by atoms with Gasteiger partial charge in [0.1, 0.15) is 0 Å². The monoisotopic (exact) mass is 219 g/mol. The van der Waals surface area contributed by atoms with Crippen LogP contribution in [0.3, 0.4) is 0 Å². The van der Waals surface area contributed by atoms with Crippen molar-refractivity contribution in [2.45, 2.75) is 39.2 Å². The largest absolute Gasteiger partial charge is 0.333 e. The summed E-state index contributed by atoms with van der Waals surface area (Å²) in [5.41, 5.74) is 0.230. The van der Waals surface area contributed by atoms with E-state index in [0.717, 1.165) is 25.2 Å². The maximum absolute atomic E-state index is 10.8. The van der Waals surface area contributed by atoms with E-state index in [1.807, 2.05) is 0 Å². The van der Waals surface area contributed by atoms with Crippen LogP contribution in [0.15, 0.2) is 0 Å². The Hall–Kier alpha value is -0.130. The topological polar surface area (TPSA) is 69.4 Å². The number of fused-ring (bicyclic) bond motifs is 2. The van der Waals surface area contributed by atoms with E-state index in [4.69, 9.17) is 9.32 Å². The van der Waals surface area contributed by atoms with Gasteiger partial charge in [0, 0.05) is 0 Å². The zero-order chi connectivity index (χ0) is 10.6. The van der Waals surface area contributed by atoms with Crippen LogP contribution >= 0.6 is 0 Å². The van der Waals surface area contributed by atoms with Gasteiger partial charge in [0.15, 0.2) is 0 Å². The highest BCUT2D eigenvalue weighted by atomic mass is 32.2. The molecular weight excluding hydrogens is 202 g/mol. The van der Waals surface area contributed by atoms with Gasteiger partial charge in [-0.25, -0.2) is 5.14 Å². The molecule has 0 spiro atoms. The highest BCUT2D eigenvalue weighted by molar-refractivity contribution is 7.84. The van der Waals surface area contributed by atoms with Crippen molar-refractivity contribution in [3.05, 3.63) is 0 Å². The fraction of sp³-hybridized carbons (Fsp3) is 1.00. The van der Waals surface area contributed by atoms with Crippen molar-refractivity contribution >= 4 is 10.3 Å². The molecular formula is C9H17NO3S. The summed E-state index contributed by atoms with van der Waals surface area (Å²) in [5.74, 6) is 1.10. The van der Waals surface area contributed by atoms with Gasteiger partial charge in [-0.1, -0.05) is 13.8 Å². The predicted octanol–water partition coefficient (Wildman–Crippen LogP) is 1.03. The van der Waals surface area contributed by atoms with Crippen molar-refractivity contribution in [1.82, 2.24) is 0 Å². The molecule has 0 saturated heterocycles. The van der Waals surface area contributed by atoms with Crippen molar-refractivity contribution < 1.29 is 12.6 Å². The third-order valence-electron chi connectivity index (χ3n) is 4.05. The summed E-state index contributed by atoms with van der Waals surface area (Å²) >= 11 is 0. The Morgan fingerprint density at radius 3 is 2.43 bits per heavy atom. The molecule has 82 valence electrons. The third kappa shape index (κ3) is 1.57. The molecule has 3 rings (SSSR count). The summed E-state index contributed by atoms with van der Waals surface area (Å²) in [6.07, 6.45) is 2.79. The third-order valence-corrected chi connectivity index (χ3v) is 4.57. The molecule has 0 aliphatic heterocycles. The molecule has 0 amide bonds. The van der Waals surface area contributed by atoms with Crippen LogP contribution < -0.4 is 5.14 Å².